The number of hydrogen-bond acceptors (Lipinski definition) is 12. The summed E-state index contributed by atoms with van der Waals surface area (Å²) in [6.45, 7) is 6.40. The fourth-order valence-corrected chi connectivity index (χ4v) is 8.14. The van der Waals surface area contributed by atoms with Gasteiger partial charge in [-0.15, -0.1) is 0 Å². The minimum atomic E-state index is -5.78. The summed E-state index contributed by atoms with van der Waals surface area (Å²) in [6.07, 6.45) is 9.71. The molecular weight excluding hydrogens is 777 g/mol. The molecule has 0 radical (unpaired) electrons. The van der Waals surface area contributed by atoms with Crippen molar-refractivity contribution in [3.63, 3.8) is 0 Å². The van der Waals surface area contributed by atoms with E-state index in [-0.39, 0.29) is 38.5 Å². The van der Waals surface area contributed by atoms with Gasteiger partial charge in [-0.3, -0.25) is 19.2 Å². The fraction of sp³-hybridized carbons (Fsp3) is 0.486. The number of aromatic nitrogens is 4. The maximum absolute atomic E-state index is 13.7. The molecule has 1 saturated carbocycles. The number of halogens is 4. The number of nitrogens with one attached hydrogen (secondary N) is 2. The Morgan fingerprint density at radius 3 is 2.36 bits per heavy atom. The lowest BCUT2D eigenvalue weighted by atomic mass is 9.98. The van der Waals surface area contributed by atoms with Crippen LogP contribution in [0.3, 0.4) is 0 Å². The van der Waals surface area contributed by atoms with E-state index in [9.17, 15) is 21.6 Å². The molecule has 0 bridgehead atoms. The van der Waals surface area contributed by atoms with Gasteiger partial charge in [-0.1, -0.05) is 0 Å². The average molecular weight is 820 g/mol. The maximum Gasteiger partial charge on any atom is 0.516 e. The number of anilines is 6. The van der Waals surface area contributed by atoms with Gasteiger partial charge in [-0.25, -0.2) is 4.98 Å². The summed E-state index contributed by atoms with van der Waals surface area (Å²) in [5.41, 5.74) is -2.66. The van der Waals surface area contributed by atoms with Crippen LogP contribution in [0, 0.1) is 5.92 Å². The van der Waals surface area contributed by atoms with Crippen molar-refractivity contribution < 1.29 is 26.3 Å². The quantitative estimate of drug-likeness (QED) is 0.181. The number of nitrogens with zero attached hydrogens (tertiary/aromatic N) is 8. The molecule has 18 heteroatoms. The number of alkyl halides is 3. The van der Waals surface area contributed by atoms with Crippen LogP contribution in [0.15, 0.2) is 47.3 Å². The lowest BCUT2D eigenvalue weighted by Crippen LogP contribution is -2.52. The average Bonchev–Trinajstić information content (AvgIpc) is 3.97. The number of methoxy groups -OCH3 is 1. The van der Waals surface area contributed by atoms with E-state index in [4.69, 9.17) is 4.74 Å². The summed E-state index contributed by atoms with van der Waals surface area (Å²) < 4.78 is 72.7. The van der Waals surface area contributed by atoms with E-state index in [1.54, 1.807) is 7.11 Å². The number of ether oxygens (including phenoxy) is 1. The summed E-state index contributed by atoms with van der Waals surface area (Å²) in [5, 5.41) is 6.29. The van der Waals surface area contributed by atoms with Gasteiger partial charge in [0.05, 0.1) is 28.5 Å². The van der Waals surface area contributed by atoms with E-state index in [2.05, 4.69) is 80.4 Å². The van der Waals surface area contributed by atoms with Crippen LogP contribution in [0.25, 0.3) is 11.0 Å². The third kappa shape index (κ3) is 7.95. The molecule has 4 heterocycles. The second-order valence-corrected chi connectivity index (χ2v) is 16.6. The highest BCUT2D eigenvalue weighted by Crippen LogP contribution is 2.43. The lowest BCUT2D eigenvalue weighted by molar-refractivity contribution is -0.0436. The van der Waals surface area contributed by atoms with E-state index in [0.29, 0.717) is 27.9 Å². The van der Waals surface area contributed by atoms with Gasteiger partial charge in [-0.2, -0.15) is 26.6 Å². The smallest absolute Gasteiger partial charge is 0.494 e. The maximum atomic E-state index is 13.7. The second-order valence-electron chi connectivity index (χ2n) is 13.8. The zero-order valence-corrected chi connectivity index (χ0v) is 32.1. The third-order valence-corrected chi connectivity index (χ3v) is 12.4. The predicted octanol–water partition coefficient (Wildman–Crippen LogP) is 6.13. The molecule has 2 N–H and O–H groups in total. The molecule has 0 amide bonds. The third-order valence-electron chi connectivity index (χ3n) is 10.3. The monoisotopic (exact) mass is 818 g/mol. The van der Waals surface area contributed by atoms with Gasteiger partial charge in [0, 0.05) is 82.7 Å². The van der Waals surface area contributed by atoms with Crippen LogP contribution >= 0.6 is 15.9 Å². The number of hydrogen-bond donors (Lipinski definition) is 2. The SMILES string of the molecule is COc1cc(N2CCC(N3CCN(C)CC3)CC2)c(CC2CC2)cc1Nc1ncc(Br)c(Nc2ccc3nccnc3c2N(C)S(=O)(=O)C(F)(F)F)n1. The van der Waals surface area contributed by atoms with Crippen molar-refractivity contribution in [3.8, 4) is 5.75 Å². The van der Waals surface area contributed by atoms with E-state index in [0.717, 1.165) is 65.6 Å². The molecule has 7 rings (SSSR count). The Bertz CT molecular complexity index is 2070. The van der Waals surface area contributed by atoms with E-state index < -0.39 is 15.5 Å². The zero-order valence-electron chi connectivity index (χ0n) is 29.7. The van der Waals surface area contributed by atoms with Crippen LogP contribution in [-0.4, -0.2) is 110 Å². The van der Waals surface area contributed by atoms with Gasteiger partial charge < -0.3 is 25.2 Å². The molecule has 0 atom stereocenters. The van der Waals surface area contributed by atoms with Gasteiger partial charge in [0.25, 0.3) is 0 Å². The molecule has 1 aliphatic carbocycles. The largest absolute Gasteiger partial charge is 0.516 e. The summed E-state index contributed by atoms with van der Waals surface area (Å²) in [7, 11) is -1.16. The van der Waals surface area contributed by atoms with Crippen LogP contribution in [0.2, 0.25) is 0 Å². The molecule has 13 nitrogen and oxygen atoms in total. The number of piperazine rings is 1. The van der Waals surface area contributed by atoms with Crippen LogP contribution < -0.4 is 24.6 Å². The fourth-order valence-electron chi connectivity index (χ4n) is 7.11. The van der Waals surface area contributed by atoms with Crippen molar-refractivity contribution in [2.24, 2.45) is 5.92 Å². The Morgan fingerprint density at radius 1 is 0.962 bits per heavy atom. The molecule has 2 aromatic heterocycles. The summed E-state index contributed by atoms with van der Waals surface area (Å²) in [6, 6.07) is 7.75. The Kier molecular flexibility index (Phi) is 10.6. The molecule has 3 aliphatic rings. The molecule has 2 aliphatic heterocycles. The number of piperidine rings is 1. The van der Waals surface area contributed by atoms with Crippen LogP contribution in [0.4, 0.5) is 47.7 Å². The number of likely N-dealkylation sites (N-methyl/N-ethyl adjacent to an activating group) is 1. The first-order valence-corrected chi connectivity index (χ1v) is 19.8. The molecule has 3 fully saturated rings. The standard InChI is InChI=1S/C35H42BrF3N10O3S/c1-46-14-16-48(17-15-46)24-8-12-49(13-9-24)29-20-30(52-3)28(19-23(29)18-22-4-5-22)44-34-42-21-25(36)33(45-34)43-27-7-6-26-31(41-11-10-40-26)32(27)47(2)53(50,51)35(37,38)39/h6-7,10-11,19-22,24H,4-5,8-9,12-18H2,1-3H3,(H2,42,43,44,45). The minimum Gasteiger partial charge on any atom is -0.494 e. The van der Waals surface area contributed by atoms with E-state index in [1.807, 2.05) is 0 Å². The topological polar surface area (TPSA) is 132 Å². The highest BCUT2D eigenvalue weighted by molar-refractivity contribution is 9.10. The van der Waals surface area contributed by atoms with Crippen molar-refractivity contribution in [3.05, 3.63) is 52.9 Å². The number of benzene rings is 2. The first kappa shape index (κ1) is 37.3. The number of rotatable bonds is 11. The van der Waals surface area contributed by atoms with Gasteiger partial charge in [0.15, 0.2) is 0 Å². The van der Waals surface area contributed by atoms with Crippen molar-refractivity contribution in [1.29, 1.82) is 0 Å². The highest BCUT2D eigenvalue weighted by atomic mass is 79.9. The van der Waals surface area contributed by atoms with E-state index in [1.165, 1.54) is 54.8 Å². The highest BCUT2D eigenvalue weighted by Gasteiger charge is 2.50. The van der Waals surface area contributed by atoms with Crippen molar-refractivity contribution in [1.82, 2.24) is 29.7 Å². The molecular formula is C35H42BrF3N10O3S. The summed E-state index contributed by atoms with van der Waals surface area (Å²) >= 11 is 3.43. The minimum absolute atomic E-state index is 0.00345. The Hall–Kier alpha value is -4.00. The molecule has 0 unspecified atom stereocenters. The lowest BCUT2D eigenvalue weighted by Gasteiger charge is -2.43. The van der Waals surface area contributed by atoms with Crippen molar-refractivity contribution in [2.45, 2.75) is 43.7 Å². The van der Waals surface area contributed by atoms with Crippen LogP contribution in [0.5, 0.6) is 5.75 Å². The number of fused-ring (bicyclic) bond motifs is 1. The Morgan fingerprint density at radius 2 is 1.68 bits per heavy atom. The first-order chi connectivity index (χ1) is 25.3. The normalized spacial score (nSPS) is 18.0. The summed E-state index contributed by atoms with van der Waals surface area (Å²) in [5.74, 6) is 1.61. The van der Waals surface area contributed by atoms with Gasteiger partial charge in [0.1, 0.15) is 22.8 Å². The van der Waals surface area contributed by atoms with Crippen molar-refractivity contribution >= 4 is 71.5 Å². The molecule has 2 saturated heterocycles. The Balaban J connectivity index is 1.16. The molecule has 0 spiro atoms. The predicted molar refractivity (Wildman–Crippen MR) is 203 cm³/mol. The van der Waals surface area contributed by atoms with Gasteiger partial charge in [-0.05, 0) is 84.8 Å². The van der Waals surface area contributed by atoms with Crippen LogP contribution in [0.1, 0.15) is 31.2 Å². The Labute approximate surface area is 315 Å². The van der Waals surface area contributed by atoms with Crippen molar-refractivity contribution in [2.75, 3.05) is 80.3 Å². The summed E-state index contributed by atoms with van der Waals surface area (Å²) in [4.78, 5) is 24.9. The first-order valence-electron chi connectivity index (χ1n) is 17.6. The zero-order chi connectivity index (χ0) is 37.5. The number of sulfonamides is 1. The van der Waals surface area contributed by atoms with Gasteiger partial charge in [0.2, 0.25) is 5.95 Å². The van der Waals surface area contributed by atoms with Crippen LogP contribution in [-0.2, 0) is 16.4 Å². The molecule has 2 aromatic carbocycles. The molecule has 53 heavy (non-hydrogen) atoms. The molecule has 284 valence electrons. The second kappa shape index (κ2) is 15.0. The van der Waals surface area contributed by atoms with E-state index >= 15 is 0 Å². The van der Waals surface area contributed by atoms with Gasteiger partial charge >= 0.3 is 15.5 Å². The molecule has 4 aromatic rings.